The molecule has 2 heteroatoms. The molecule has 1 saturated heterocycles. The summed E-state index contributed by atoms with van der Waals surface area (Å²) in [5.74, 6) is 1.63. The Labute approximate surface area is 118 Å². The van der Waals surface area contributed by atoms with Crippen LogP contribution in [0.4, 0.5) is 0 Å². The lowest BCUT2D eigenvalue weighted by molar-refractivity contribution is 0.212. The van der Waals surface area contributed by atoms with Crippen molar-refractivity contribution in [2.24, 2.45) is 17.6 Å². The fourth-order valence-corrected chi connectivity index (χ4v) is 3.02. The van der Waals surface area contributed by atoms with Crippen molar-refractivity contribution in [2.75, 3.05) is 13.1 Å². The first kappa shape index (κ1) is 14.5. The molecule has 3 unspecified atom stereocenters. The molecule has 1 aliphatic heterocycles. The van der Waals surface area contributed by atoms with Crippen LogP contribution in [0.2, 0.25) is 0 Å². The van der Waals surface area contributed by atoms with Gasteiger partial charge in [0.1, 0.15) is 0 Å². The van der Waals surface area contributed by atoms with Gasteiger partial charge in [-0.25, -0.2) is 0 Å². The topological polar surface area (TPSA) is 29.3 Å². The van der Waals surface area contributed by atoms with Crippen LogP contribution in [0.15, 0.2) is 24.3 Å². The van der Waals surface area contributed by atoms with Crippen LogP contribution in [0.3, 0.4) is 0 Å². The van der Waals surface area contributed by atoms with Gasteiger partial charge in [-0.3, -0.25) is 4.90 Å². The molecule has 1 aliphatic rings. The lowest BCUT2D eigenvalue weighted by Gasteiger charge is -2.30. The van der Waals surface area contributed by atoms with Crippen LogP contribution in [0.1, 0.15) is 44.4 Å². The maximum absolute atomic E-state index is 6.45. The van der Waals surface area contributed by atoms with Gasteiger partial charge in [0.05, 0.1) is 0 Å². The number of nitrogens with two attached hydrogens (primary N) is 1. The average Bonchev–Trinajstić information content (AvgIpc) is 2.87. The maximum atomic E-state index is 6.45. The molecular weight excluding hydrogens is 232 g/mol. The summed E-state index contributed by atoms with van der Waals surface area (Å²) in [4.78, 5) is 2.56. The summed E-state index contributed by atoms with van der Waals surface area (Å²) in [5.41, 5.74) is 9.00. The fraction of sp³-hybridized carbons (Fsp3) is 0.647. The quantitative estimate of drug-likeness (QED) is 0.899. The molecule has 1 heterocycles. The molecule has 0 radical (unpaired) electrons. The van der Waals surface area contributed by atoms with Crippen LogP contribution >= 0.6 is 0 Å². The summed E-state index contributed by atoms with van der Waals surface area (Å²) in [6.45, 7) is 11.5. The van der Waals surface area contributed by atoms with Gasteiger partial charge < -0.3 is 5.73 Å². The minimum atomic E-state index is 0.117. The zero-order chi connectivity index (χ0) is 14.0. The molecule has 0 bridgehead atoms. The summed E-state index contributed by atoms with van der Waals surface area (Å²) < 4.78 is 0. The van der Waals surface area contributed by atoms with Crippen LogP contribution in [-0.4, -0.2) is 24.0 Å². The molecule has 19 heavy (non-hydrogen) atoms. The van der Waals surface area contributed by atoms with Crippen LogP contribution in [-0.2, 0) is 0 Å². The predicted molar refractivity (Wildman–Crippen MR) is 82.1 cm³/mol. The molecule has 1 aromatic rings. The van der Waals surface area contributed by atoms with Crippen molar-refractivity contribution in [3.8, 4) is 0 Å². The summed E-state index contributed by atoms with van der Waals surface area (Å²) in [7, 11) is 0. The number of hydrogen-bond donors (Lipinski definition) is 1. The van der Waals surface area contributed by atoms with Crippen molar-refractivity contribution < 1.29 is 0 Å². The number of hydrogen-bond acceptors (Lipinski definition) is 2. The first-order valence-electron chi connectivity index (χ1n) is 7.55. The molecule has 1 aromatic carbocycles. The predicted octanol–water partition coefficient (Wildman–Crippen LogP) is 3.36. The second kappa shape index (κ2) is 6.06. The van der Waals surface area contributed by atoms with Gasteiger partial charge in [0.25, 0.3) is 0 Å². The molecule has 2 N–H and O–H groups in total. The first-order chi connectivity index (χ1) is 8.99. The molecule has 1 fully saturated rings. The Hall–Kier alpha value is -0.860. The second-order valence-corrected chi connectivity index (χ2v) is 6.46. The van der Waals surface area contributed by atoms with Crippen LogP contribution < -0.4 is 5.73 Å². The summed E-state index contributed by atoms with van der Waals surface area (Å²) in [5, 5.41) is 0. The van der Waals surface area contributed by atoms with E-state index < -0.39 is 0 Å². The molecule has 0 spiro atoms. The van der Waals surface area contributed by atoms with Gasteiger partial charge in [-0.2, -0.15) is 0 Å². The highest BCUT2D eigenvalue weighted by atomic mass is 15.2. The normalized spacial score (nSPS) is 23.8. The minimum Gasteiger partial charge on any atom is -0.323 e. The maximum Gasteiger partial charge on any atom is 0.0450 e. The van der Waals surface area contributed by atoms with Gasteiger partial charge in [-0.1, -0.05) is 43.7 Å². The standard InChI is InChI=1S/C17H28N2/c1-12(2)16-9-10-19(11-16)14(4)17(18)15-7-5-13(3)6-8-15/h5-8,12,14,16-17H,9-11,18H2,1-4H3. The van der Waals surface area contributed by atoms with Gasteiger partial charge in [0.15, 0.2) is 0 Å². The second-order valence-electron chi connectivity index (χ2n) is 6.46. The number of aryl methyl sites for hydroxylation is 1. The van der Waals surface area contributed by atoms with E-state index in [9.17, 15) is 0 Å². The van der Waals surface area contributed by atoms with Crippen molar-refractivity contribution in [1.29, 1.82) is 0 Å². The van der Waals surface area contributed by atoms with Gasteiger partial charge in [-0.15, -0.1) is 0 Å². The summed E-state index contributed by atoms with van der Waals surface area (Å²) in [6.07, 6.45) is 1.32. The lowest BCUT2D eigenvalue weighted by Crippen LogP contribution is -2.39. The molecule has 0 aliphatic carbocycles. The largest absolute Gasteiger partial charge is 0.323 e. The minimum absolute atomic E-state index is 0.117. The van der Waals surface area contributed by atoms with Crippen LogP contribution in [0.5, 0.6) is 0 Å². The van der Waals surface area contributed by atoms with E-state index in [4.69, 9.17) is 5.73 Å². The van der Waals surface area contributed by atoms with Crippen LogP contribution in [0, 0.1) is 18.8 Å². The average molecular weight is 260 g/mol. The molecule has 3 atom stereocenters. The van der Waals surface area contributed by atoms with E-state index in [0.29, 0.717) is 6.04 Å². The number of nitrogens with zero attached hydrogens (tertiary/aromatic N) is 1. The highest BCUT2D eigenvalue weighted by molar-refractivity contribution is 5.24. The van der Waals surface area contributed by atoms with Crippen molar-refractivity contribution >= 4 is 0 Å². The summed E-state index contributed by atoms with van der Waals surface area (Å²) >= 11 is 0. The van der Waals surface area contributed by atoms with Crippen molar-refractivity contribution in [3.63, 3.8) is 0 Å². The number of benzene rings is 1. The smallest absolute Gasteiger partial charge is 0.0450 e. The molecule has 106 valence electrons. The van der Waals surface area contributed by atoms with Crippen molar-refractivity contribution in [3.05, 3.63) is 35.4 Å². The first-order valence-corrected chi connectivity index (χ1v) is 7.55. The lowest BCUT2D eigenvalue weighted by atomic mass is 9.95. The Kier molecular flexibility index (Phi) is 4.64. The highest BCUT2D eigenvalue weighted by Crippen LogP contribution is 2.28. The number of likely N-dealkylation sites (tertiary alicyclic amines) is 1. The molecule has 2 nitrogen and oxygen atoms in total. The summed E-state index contributed by atoms with van der Waals surface area (Å²) in [6, 6.07) is 9.20. The third kappa shape index (κ3) is 3.37. The Morgan fingerprint density at radius 2 is 1.79 bits per heavy atom. The fourth-order valence-electron chi connectivity index (χ4n) is 3.02. The third-order valence-corrected chi connectivity index (χ3v) is 4.76. The molecule has 0 amide bonds. The number of rotatable bonds is 4. The van der Waals surface area contributed by atoms with Gasteiger partial charge >= 0.3 is 0 Å². The molecule has 0 aromatic heterocycles. The van der Waals surface area contributed by atoms with E-state index >= 15 is 0 Å². The van der Waals surface area contributed by atoms with Crippen LogP contribution in [0.25, 0.3) is 0 Å². The van der Waals surface area contributed by atoms with E-state index in [2.05, 4.69) is 56.9 Å². The highest BCUT2D eigenvalue weighted by Gasteiger charge is 2.30. The van der Waals surface area contributed by atoms with Crippen molar-refractivity contribution in [1.82, 2.24) is 4.90 Å². The molecule has 2 rings (SSSR count). The SMILES string of the molecule is Cc1ccc(C(N)C(C)N2CCC(C(C)C)C2)cc1. The Morgan fingerprint density at radius 3 is 2.32 bits per heavy atom. The monoisotopic (exact) mass is 260 g/mol. The molecular formula is C17H28N2. The van der Waals surface area contributed by atoms with Crippen molar-refractivity contribution in [2.45, 2.75) is 46.2 Å². The van der Waals surface area contributed by atoms with Gasteiger partial charge in [0, 0.05) is 18.6 Å². The Morgan fingerprint density at radius 1 is 1.16 bits per heavy atom. The van der Waals surface area contributed by atoms with E-state index in [1.54, 1.807) is 0 Å². The van der Waals surface area contributed by atoms with E-state index in [0.717, 1.165) is 11.8 Å². The van der Waals surface area contributed by atoms with Gasteiger partial charge in [-0.05, 0) is 44.2 Å². The Bertz CT molecular complexity index is 396. The van der Waals surface area contributed by atoms with E-state index in [1.807, 2.05) is 0 Å². The zero-order valence-electron chi connectivity index (χ0n) is 12.8. The Balaban J connectivity index is 2.00. The zero-order valence-corrected chi connectivity index (χ0v) is 12.8. The molecule has 0 saturated carbocycles. The third-order valence-electron chi connectivity index (χ3n) is 4.76. The van der Waals surface area contributed by atoms with E-state index in [1.165, 1.54) is 30.6 Å². The van der Waals surface area contributed by atoms with Gasteiger partial charge in [0.2, 0.25) is 0 Å². The van der Waals surface area contributed by atoms with E-state index in [-0.39, 0.29) is 6.04 Å².